The minimum Gasteiger partial charge on any atom is -0.317 e. The molecule has 5 heteroatoms. The van der Waals surface area contributed by atoms with Gasteiger partial charge >= 0.3 is 0 Å². The Kier molecular flexibility index (Phi) is 35.2. The molecule has 1 aliphatic carbocycles. The van der Waals surface area contributed by atoms with E-state index in [4.69, 9.17) is 16.9 Å². The molecule has 0 saturated heterocycles. The smallest absolute Gasteiger partial charge is 0.0784 e. The van der Waals surface area contributed by atoms with E-state index < -0.39 is 0 Å². The van der Waals surface area contributed by atoms with Crippen molar-refractivity contribution >= 4 is 20.2 Å². The first-order valence-corrected chi connectivity index (χ1v) is 23.1. The monoisotopic (exact) mass is 894 g/mol. The Morgan fingerprint density at radius 3 is 1.34 bits per heavy atom. The molecule has 6 aromatic rings. The number of hydrogen-bond acceptors (Lipinski definition) is 5. The summed E-state index contributed by atoms with van der Waals surface area (Å²) in [6, 6.07) is 55.3. The lowest BCUT2D eigenvalue weighted by atomic mass is 9.95. The van der Waals surface area contributed by atoms with E-state index in [-0.39, 0.29) is 6.17 Å². The number of nitrogens with two attached hydrogens (primary N) is 2. The average Bonchev–Trinajstić information content (AvgIpc) is 3.68. The number of benzene rings is 6. The first-order valence-electron chi connectivity index (χ1n) is 23.1. The third kappa shape index (κ3) is 26.5. The van der Waals surface area contributed by atoms with Gasteiger partial charge in [0.05, 0.1) is 19.3 Å². The highest BCUT2D eigenvalue weighted by Crippen LogP contribution is 2.30. The molecule has 7 rings (SSSR count). The first-order chi connectivity index (χ1) is 32.7. The predicted molar refractivity (Wildman–Crippen MR) is 302 cm³/mol. The quantitative estimate of drug-likeness (QED) is 0.0765. The summed E-state index contributed by atoms with van der Waals surface area (Å²) in [5, 5.41) is 5.50. The highest BCUT2D eigenvalue weighted by molar-refractivity contribution is 5.77. The normalized spacial score (nSPS) is 10.7. The molecule has 0 unspecified atom stereocenters. The minimum absolute atomic E-state index is 0.348. The summed E-state index contributed by atoms with van der Waals surface area (Å²) in [6.45, 7) is 29.1. The van der Waals surface area contributed by atoms with Crippen LogP contribution in [0.5, 0.6) is 0 Å². The maximum absolute atomic E-state index is 5.50. The molecule has 5 N–H and O–H groups in total. The molecule has 0 saturated carbocycles. The molecule has 1 aliphatic rings. The molecule has 352 valence electrons. The largest absolute Gasteiger partial charge is 0.317 e. The third-order valence-electron chi connectivity index (χ3n) is 9.28. The van der Waals surface area contributed by atoms with Gasteiger partial charge in [-0.15, -0.1) is 0 Å². The second kappa shape index (κ2) is 39.3. The summed E-state index contributed by atoms with van der Waals surface area (Å²) >= 11 is 0. The fourth-order valence-electron chi connectivity index (χ4n) is 6.05. The fourth-order valence-corrected chi connectivity index (χ4v) is 6.05. The Bertz CT molecular complexity index is 2280. The number of allylic oxidation sites excluding steroid dienone is 6. The van der Waals surface area contributed by atoms with Gasteiger partial charge in [0.15, 0.2) is 0 Å². The van der Waals surface area contributed by atoms with Crippen LogP contribution in [-0.2, 0) is 6.54 Å². The van der Waals surface area contributed by atoms with Gasteiger partial charge in [0.2, 0.25) is 0 Å². The molecule has 0 amide bonds. The van der Waals surface area contributed by atoms with Gasteiger partial charge in [-0.1, -0.05) is 239 Å². The van der Waals surface area contributed by atoms with Crippen LogP contribution in [0.15, 0.2) is 227 Å². The van der Waals surface area contributed by atoms with Gasteiger partial charge < -0.3 is 16.9 Å². The van der Waals surface area contributed by atoms with Gasteiger partial charge in [0.25, 0.3) is 0 Å². The minimum atomic E-state index is -0.348. The molecule has 67 heavy (non-hydrogen) atoms. The fraction of sp³-hybridized carbons (Fsp3) is 0.210. The molecule has 0 aromatic heterocycles. The van der Waals surface area contributed by atoms with Crippen LogP contribution < -0.4 is 11.5 Å². The van der Waals surface area contributed by atoms with Crippen molar-refractivity contribution in [2.75, 3.05) is 6.54 Å². The highest BCUT2D eigenvalue weighted by Gasteiger charge is 2.05. The van der Waals surface area contributed by atoms with E-state index in [0.717, 1.165) is 25.1 Å². The van der Waals surface area contributed by atoms with Gasteiger partial charge in [-0.3, -0.25) is 9.98 Å². The maximum atomic E-state index is 5.50. The van der Waals surface area contributed by atoms with Crippen molar-refractivity contribution in [2.45, 2.75) is 81.4 Å². The summed E-state index contributed by atoms with van der Waals surface area (Å²) in [6.07, 6.45) is 16.7. The molecule has 0 heterocycles. The van der Waals surface area contributed by atoms with Crippen LogP contribution in [0.1, 0.15) is 70.2 Å². The van der Waals surface area contributed by atoms with Crippen LogP contribution in [0.4, 0.5) is 0 Å². The van der Waals surface area contributed by atoms with Crippen LogP contribution in [-0.4, -0.2) is 32.9 Å². The number of nitrogens with one attached hydrogen (secondary N) is 1. The second-order valence-corrected chi connectivity index (χ2v) is 14.4. The van der Waals surface area contributed by atoms with E-state index in [1.165, 1.54) is 61.2 Å². The summed E-state index contributed by atoms with van der Waals surface area (Å²) in [5.74, 6) is 0. The van der Waals surface area contributed by atoms with Gasteiger partial charge in [-0.25, -0.2) is 0 Å². The van der Waals surface area contributed by atoms with Crippen LogP contribution in [0.3, 0.4) is 0 Å². The Morgan fingerprint density at radius 2 is 0.985 bits per heavy atom. The standard InChI is InChI=1S/C26H22.C8H12N2.C8H9N.C8H13N.C7H8.2C2H6.CH3N/c1-19-7-3-9-21(15-19)23-11-5-13-25(17-23)26-14-6-12-24(18-26)22-10-4-8-20(2)16-22;9-8(10)7-5-3-1-2-4-6-7;1-9-7-8-5-3-2-4-6-8;1-4-6-8(5-2)7-9-3;1-7-5-3-2-4-6-7;3*1-2/h3-18H,1-2H3;1,3-6,8H,2,9-10H2;2-6H,1,7H2;4-6H,3,7H2,1-2H3;2-6H,1H3;2*1-2H3;2H,1H2/b;;;6-4-,8-5+;;;;. The van der Waals surface area contributed by atoms with E-state index in [1.807, 2.05) is 133 Å². The Hall–Kier alpha value is -7.05. The second-order valence-electron chi connectivity index (χ2n) is 14.4. The van der Waals surface area contributed by atoms with Crippen molar-refractivity contribution in [3.05, 3.63) is 240 Å². The van der Waals surface area contributed by atoms with E-state index in [0.29, 0.717) is 0 Å². The molecule has 6 aromatic carbocycles. The Balaban J connectivity index is 0.000000884. The molecule has 0 aliphatic heterocycles. The van der Waals surface area contributed by atoms with E-state index in [2.05, 4.69) is 166 Å². The summed E-state index contributed by atoms with van der Waals surface area (Å²) in [5.41, 5.74) is 25.8. The lowest BCUT2D eigenvalue weighted by Crippen LogP contribution is -2.31. The molecule has 5 nitrogen and oxygen atoms in total. The van der Waals surface area contributed by atoms with Crippen LogP contribution in [0.2, 0.25) is 0 Å². The molecule has 0 fully saturated rings. The van der Waals surface area contributed by atoms with Crippen molar-refractivity contribution in [1.29, 1.82) is 5.41 Å². The highest BCUT2D eigenvalue weighted by atomic mass is 14.8. The van der Waals surface area contributed by atoms with Gasteiger partial charge in [0, 0.05) is 0 Å². The SMILES string of the molecule is C=N.C=NCC(/C=C\C)=C/C.C=NCc1ccccc1.CC.CC.Cc1cccc(-c2cccc(-c3cccc(-c4cccc(C)c4)c3)c2)c1.Cc1ccccc1.NC(N)C1=CC=CCC=C1. The number of rotatable bonds is 9. The lowest BCUT2D eigenvalue weighted by Gasteiger charge is -2.09. The van der Waals surface area contributed by atoms with E-state index >= 15 is 0 Å². The van der Waals surface area contributed by atoms with Crippen molar-refractivity contribution in [1.82, 2.24) is 0 Å². The Labute approximate surface area is 406 Å². The van der Waals surface area contributed by atoms with Crippen LogP contribution >= 0.6 is 0 Å². The third-order valence-corrected chi connectivity index (χ3v) is 9.28. The Morgan fingerprint density at radius 1 is 0.567 bits per heavy atom. The molecular formula is C62H79N5. The zero-order valence-electron chi connectivity index (χ0n) is 42.0. The lowest BCUT2D eigenvalue weighted by molar-refractivity contribution is 0.839. The zero-order valence-corrected chi connectivity index (χ0v) is 42.0. The molecule has 0 atom stereocenters. The zero-order chi connectivity index (χ0) is 50.1. The van der Waals surface area contributed by atoms with Crippen molar-refractivity contribution in [3.63, 3.8) is 0 Å². The van der Waals surface area contributed by atoms with Crippen LogP contribution in [0.25, 0.3) is 33.4 Å². The molecule has 0 spiro atoms. The summed E-state index contributed by atoms with van der Waals surface area (Å²) < 4.78 is 0. The first kappa shape index (κ1) is 60.0. The number of aryl methyl sites for hydroxylation is 3. The molecule has 0 bridgehead atoms. The molecular weight excluding hydrogens is 815 g/mol. The molecule has 0 radical (unpaired) electrons. The summed E-state index contributed by atoms with van der Waals surface area (Å²) in [7, 11) is 0. The van der Waals surface area contributed by atoms with Gasteiger partial charge in [-0.2, -0.15) is 0 Å². The van der Waals surface area contributed by atoms with E-state index in [9.17, 15) is 0 Å². The van der Waals surface area contributed by atoms with Gasteiger partial charge in [-0.05, 0) is 123 Å². The topological polar surface area (TPSA) is 101 Å². The van der Waals surface area contributed by atoms with Crippen LogP contribution in [0, 0.1) is 26.2 Å². The van der Waals surface area contributed by atoms with Crippen molar-refractivity contribution in [3.8, 4) is 33.4 Å². The van der Waals surface area contributed by atoms with Crippen molar-refractivity contribution in [2.24, 2.45) is 21.5 Å². The van der Waals surface area contributed by atoms with Crippen molar-refractivity contribution < 1.29 is 0 Å². The number of hydrogen-bond donors (Lipinski definition) is 3. The maximum Gasteiger partial charge on any atom is 0.0784 e. The average molecular weight is 894 g/mol. The number of aliphatic imine (C=N–C) groups is 2. The summed E-state index contributed by atoms with van der Waals surface area (Å²) in [4.78, 5) is 7.51. The number of nitrogens with zero attached hydrogens (tertiary/aromatic N) is 2. The van der Waals surface area contributed by atoms with Gasteiger partial charge in [0.1, 0.15) is 0 Å². The predicted octanol–water partition coefficient (Wildman–Crippen LogP) is 16.4. The van der Waals surface area contributed by atoms with E-state index in [1.54, 1.807) is 0 Å².